The molecule has 1 N–H and O–H groups in total. The number of hydrogen-bond donors (Lipinski definition) is 1. The van der Waals surface area contributed by atoms with Crippen LogP contribution in [-0.2, 0) is 0 Å². The molecule has 1 atom stereocenters. The van der Waals surface area contributed by atoms with Gasteiger partial charge in [0.05, 0.1) is 0 Å². The van der Waals surface area contributed by atoms with Crippen molar-refractivity contribution in [2.24, 2.45) is 5.92 Å². The Morgan fingerprint density at radius 1 is 1.26 bits per heavy atom. The second kappa shape index (κ2) is 7.25. The van der Waals surface area contributed by atoms with Crippen LogP contribution in [-0.4, -0.2) is 18.3 Å². The standard InChI is InChI=1S/C15H21F2NS/c1-2-18-15(11-5-3-4-6-11)10-19-12-7-8-13(16)14(17)9-12/h7-9,11,15,18H,2-6,10H2,1H3. The SMILES string of the molecule is CCNC(CSc1ccc(F)c(F)c1)C1CCCC1. The first-order chi connectivity index (χ1) is 9.20. The zero-order chi connectivity index (χ0) is 13.7. The summed E-state index contributed by atoms with van der Waals surface area (Å²) in [4.78, 5) is 0.805. The highest BCUT2D eigenvalue weighted by atomic mass is 32.2. The molecule has 0 bridgehead atoms. The Hall–Kier alpha value is -0.610. The number of nitrogens with one attached hydrogen (secondary N) is 1. The highest BCUT2D eigenvalue weighted by Gasteiger charge is 2.24. The van der Waals surface area contributed by atoms with Crippen molar-refractivity contribution in [1.29, 1.82) is 0 Å². The molecule has 106 valence electrons. The van der Waals surface area contributed by atoms with E-state index >= 15 is 0 Å². The summed E-state index contributed by atoms with van der Waals surface area (Å²) in [5.41, 5.74) is 0. The molecule has 0 spiro atoms. The van der Waals surface area contributed by atoms with Crippen LogP contribution in [0.25, 0.3) is 0 Å². The second-order valence-corrected chi connectivity index (χ2v) is 6.19. The van der Waals surface area contributed by atoms with Crippen molar-refractivity contribution in [2.75, 3.05) is 12.3 Å². The van der Waals surface area contributed by atoms with E-state index in [0.29, 0.717) is 6.04 Å². The quantitative estimate of drug-likeness (QED) is 0.785. The fourth-order valence-corrected chi connectivity index (χ4v) is 3.85. The number of thioether (sulfide) groups is 1. The van der Waals surface area contributed by atoms with E-state index in [9.17, 15) is 8.78 Å². The monoisotopic (exact) mass is 285 g/mol. The van der Waals surface area contributed by atoms with Crippen molar-refractivity contribution in [3.8, 4) is 0 Å². The largest absolute Gasteiger partial charge is 0.313 e. The van der Waals surface area contributed by atoms with Gasteiger partial charge in [0, 0.05) is 16.7 Å². The third-order valence-electron chi connectivity index (χ3n) is 3.76. The van der Waals surface area contributed by atoms with Gasteiger partial charge in [-0.15, -0.1) is 11.8 Å². The first kappa shape index (κ1) is 14.8. The fraction of sp³-hybridized carbons (Fsp3) is 0.600. The van der Waals surface area contributed by atoms with E-state index in [1.54, 1.807) is 17.8 Å². The molecule has 0 saturated heterocycles. The highest BCUT2D eigenvalue weighted by Crippen LogP contribution is 2.31. The lowest BCUT2D eigenvalue weighted by molar-refractivity contribution is 0.394. The lowest BCUT2D eigenvalue weighted by atomic mass is 10.00. The van der Waals surface area contributed by atoms with E-state index in [1.807, 2.05) is 0 Å². The Labute approximate surface area is 118 Å². The fourth-order valence-electron chi connectivity index (χ4n) is 2.74. The molecule has 1 aliphatic rings. The predicted molar refractivity (Wildman–Crippen MR) is 76.5 cm³/mol. The average molecular weight is 285 g/mol. The van der Waals surface area contributed by atoms with Crippen LogP contribution in [0.15, 0.2) is 23.1 Å². The van der Waals surface area contributed by atoms with E-state index in [2.05, 4.69) is 12.2 Å². The average Bonchev–Trinajstić information content (AvgIpc) is 2.92. The van der Waals surface area contributed by atoms with E-state index in [1.165, 1.54) is 37.8 Å². The van der Waals surface area contributed by atoms with Crippen molar-refractivity contribution >= 4 is 11.8 Å². The minimum absolute atomic E-state index is 0.477. The highest BCUT2D eigenvalue weighted by molar-refractivity contribution is 7.99. The molecule has 0 amide bonds. The van der Waals surface area contributed by atoms with Gasteiger partial charge in [-0.2, -0.15) is 0 Å². The van der Waals surface area contributed by atoms with Crippen molar-refractivity contribution in [3.63, 3.8) is 0 Å². The molecule has 1 unspecified atom stereocenters. The molecule has 0 heterocycles. The van der Waals surface area contributed by atoms with Crippen LogP contribution >= 0.6 is 11.8 Å². The zero-order valence-electron chi connectivity index (χ0n) is 11.3. The maximum Gasteiger partial charge on any atom is 0.159 e. The topological polar surface area (TPSA) is 12.0 Å². The molecular formula is C15H21F2NS. The summed E-state index contributed by atoms with van der Waals surface area (Å²) < 4.78 is 26.0. The van der Waals surface area contributed by atoms with E-state index in [-0.39, 0.29) is 0 Å². The third-order valence-corrected chi connectivity index (χ3v) is 4.87. The molecule has 0 aliphatic heterocycles. The lowest BCUT2D eigenvalue weighted by Crippen LogP contribution is -2.37. The Morgan fingerprint density at radius 3 is 2.63 bits per heavy atom. The van der Waals surface area contributed by atoms with Gasteiger partial charge < -0.3 is 5.32 Å². The Bertz CT molecular complexity index is 405. The summed E-state index contributed by atoms with van der Waals surface area (Å²) >= 11 is 1.61. The van der Waals surface area contributed by atoms with Gasteiger partial charge in [0.2, 0.25) is 0 Å². The zero-order valence-corrected chi connectivity index (χ0v) is 12.1. The van der Waals surface area contributed by atoms with Crippen molar-refractivity contribution < 1.29 is 8.78 Å². The van der Waals surface area contributed by atoms with Gasteiger partial charge in [-0.3, -0.25) is 0 Å². The summed E-state index contributed by atoms with van der Waals surface area (Å²) in [6, 6.07) is 4.62. The molecule has 1 saturated carbocycles. The van der Waals surface area contributed by atoms with Crippen LogP contribution in [0.1, 0.15) is 32.6 Å². The molecule has 1 nitrogen and oxygen atoms in total. The first-order valence-electron chi connectivity index (χ1n) is 7.02. The summed E-state index contributed by atoms with van der Waals surface area (Å²) in [7, 11) is 0. The van der Waals surface area contributed by atoms with Gasteiger partial charge >= 0.3 is 0 Å². The number of hydrogen-bond acceptors (Lipinski definition) is 2. The van der Waals surface area contributed by atoms with Gasteiger partial charge in [0.15, 0.2) is 11.6 Å². The summed E-state index contributed by atoms with van der Waals surface area (Å²) in [6.45, 7) is 3.07. The third kappa shape index (κ3) is 4.18. The van der Waals surface area contributed by atoms with Gasteiger partial charge in [0.1, 0.15) is 0 Å². The Balaban J connectivity index is 1.91. The summed E-state index contributed by atoms with van der Waals surface area (Å²) in [6.07, 6.45) is 5.22. The van der Waals surface area contributed by atoms with Crippen LogP contribution in [0.5, 0.6) is 0 Å². The van der Waals surface area contributed by atoms with Crippen LogP contribution in [0.2, 0.25) is 0 Å². The smallest absolute Gasteiger partial charge is 0.159 e. The van der Waals surface area contributed by atoms with E-state index in [0.717, 1.165) is 23.1 Å². The maximum absolute atomic E-state index is 13.1. The Morgan fingerprint density at radius 2 is 2.00 bits per heavy atom. The van der Waals surface area contributed by atoms with Gasteiger partial charge in [-0.25, -0.2) is 8.78 Å². The van der Waals surface area contributed by atoms with Crippen molar-refractivity contribution in [2.45, 2.75) is 43.5 Å². The molecule has 0 radical (unpaired) electrons. The minimum atomic E-state index is -0.775. The van der Waals surface area contributed by atoms with Gasteiger partial charge in [-0.1, -0.05) is 19.8 Å². The molecule has 1 aliphatic carbocycles. The summed E-state index contributed by atoms with van der Waals surface area (Å²) in [5.74, 6) is 0.121. The molecular weight excluding hydrogens is 264 g/mol. The molecule has 0 aromatic heterocycles. The normalized spacial score (nSPS) is 17.8. The van der Waals surface area contributed by atoms with E-state index < -0.39 is 11.6 Å². The molecule has 1 fully saturated rings. The van der Waals surface area contributed by atoms with Crippen LogP contribution in [0, 0.1) is 17.6 Å². The number of halogens is 2. The lowest BCUT2D eigenvalue weighted by Gasteiger charge is -2.24. The van der Waals surface area contributed by atoms with Crippen LogP contribution in [0.4, 0.5) is 8.78 Å². The minimum Gasteiger partial charge on any atom is -0.313 e. The van der Waals surface area contributed by atoms with Gasteiger partial charge in [-0.05, 0) is 43.5 Å². The van der Waals surface area contributed by atoms with Gasteiger partial charge in [0.25, 0.3) is 0 Å². The molecule has 1 aromatic rings. The van der Waals surface area contributed by atoms with E-state index in [4.69, 9.17) is 0 Å². The molecule has 19 heavy (non-hydrogen) atoms. The van der Waals surface area contributed by atoms with Crippen molar-refractivity contribution in [1.82, 2.24) is 5.32 Å². The van der Waals surface area contributed by atoms with Crippen LogP contribution < -0.4 is 5.32 Å². The number of benzene rings is 1. The Kier molecular flexibility index (Phi) is 5.64. The van der Waals surface area contributed by atoms with Crippen LogP contribution in [0.3, 0.4) is 0 Å². The second-order valence-electron chi connectivity index (χ2n) is 5.10. The van der Waals surface area contributed by atoms with Crippen molar-refractivity contribution in [3.05, 3.63) is 29.8 Å². The molecule has 4 heteroatoms. The number of rotatable bonds is 6. The summed E-state index contributed by atoms with van der Waals surface area (Å²) in [5, 5.41) is 3.53. The predicted octanol–water partition coefficient (Wildman–Crippen LogP) is 4.23. The first-order valence-corrected chi connectivity index (χ1v) is 8.00. The molecule has 1 aromatic carbocycles. The maximum atomic E-state index is 13.1. The molecule has 2 rings (SSSR count).